The standard InChI is InChI=1S/C29H40F3N5O7/c1-7-23(38)33-10-12-36-21-13-19(20(29(30,31)32)14-22(21)44-28(5,6)26(36)41)25(40)37(16(2)3)18-9-8-11-35(15-18)24(39)17(4)34-27(42)43/h13-14,16-18,34H,7-12,15H2,1-6H3,(H,33,38)(H,42,43)/t17-,18+/m0/s1. The minimum atomic E-state index is -4.95. The number of likely N-dealkylation sites (tertiary alicyclic amines) is 1. The summed E-state index contributed by atoms with van der Waals surface area (Å²) in [7, 11) is 0. The van der Waals surface area contributed by atoms with E-state index in [1.807, 2.05) is 0 Å². The third-order valence-electron chi connectivity index (χ3n) is 7.63. The van der Waals surface area contributed by atoms with Gasteiger partial charge in [-0.2, -0.15) is 13.2 Å². The maximum atomic E-state index is 14.5. The highest BCUT2D eigenvalue weighted by atomic mass is 19.4. The molecule has 1 fully saturated rings. The van der Waals surface area contributed by atoms with Gasteiger partial charge in [-0.15, -0.1) is 0 Å². The second kappa shape index (κ2) is 13.3. The number of benzene rings is 1. The molecule has 1 aromatic rings. The van der Waals surface area contributed by atoms with Gasteiger partial charge in [0.05, 0.1) is 16.8 Å². The van der Waals surface area contributed by atoms with Crippen molar-refractivity contribution in [2.75, 3.05) is 31.1 Å². The molecule has 0 aromatic heterocycles. The fourth-order valence-electron chi connectivity index (χ4n) is 5.54. The molecule has 15 heteroatoms. The van der Waals surface area contributed by atoms with Gasteiger partial charge in [-0.05, 0) is 59.6 Å². The summed E-state index contributed by atoms with van der Waals surface area (Å²) in [4.78, 5) is 67.0. The summed E-state index contributed by atoms with van der Waals surface area (Å²) in [5, 5.41) is 13.7. The van der Waals surface area contributed by atoms with Crippen LogP contribution in [-0.2, 0) is 20.6 Å². The number of rotatable bonds is 9. The van der Waals surface area contributed by atoms with Crippen LogP contribution in [0.25, 0.3) is 0 Å². The topological polar surface area (TPSA) is 149 Å². The average molecular weight is 628 g/mol. The summed E-state index contributed by atoms with van der Waals surface area (Å²) < 4.78 is 49.1. The number of carbonyl (C=O) groups is 5. The van der Waals surface area contributed by atoms with Gasteiger partial charge in [-0.25, -0.2) is 4.79 Å². The molecule has 1 aromatic carbocycles. The smallest absolute Gasteiger partial charge is 0.417 e. The number of hydrogen-bond acceptors (Lipinski definition) is 6. The van der Waals surface area contributed by atoms with Gasteiger partial charge >= 0.3 is 12.3 Å². The Kier molecular flexibility index (Phi) is 10.4. The van der Waals surface area contributed by atoms with Crippen LogP contribution in [-0.4, -0.2) is 94.5 Å². The van der Waals surface area contributed by atoms with E-state index >= 15 is 0 Å². The molecule has 5 amide bonds. The van der Waals surface area contributed by atoms with Gasteiger partial charge < -0.3 is 35.2 Å². The molecule has 0 saturated carbocycles. The quantitative estimate of drug-likeness (QED) is 0.381. The zero-order valence-electron chi connectivity index (χ0n) is 25.7. The third-order valence-corrected chi connectivity index (χ3v) is 7.63. The number of hydrogen-bond donors (Lipinski definition) is 3. The molecule has 244 valence electrons. The number of nitrogens with zero attached hydrogens (tertiary/aromatic N) is 3. The molecular weight excluding hydrogens is 587 g/mol. The number of amides is 5. The lowest BCUT2D eigenvalue weighted by molar-refractivity contribution is -0.138. The number of halogens is 3. The Bertz CT molecular complexity index is 1300. The molecule has 2 aliphatic rings. The summed E-state index contributed by atoms with van der Waals surface area (Å²) in [6.45, 7) is 9.44. The predicted molar refractivity (Wildman–Crippen MR) is 153 cm³/mol. The van der Waals surface area contributed by atoms with E-state index in [2.05, 4.69) is 10.6 Å². The van der Waals surface area contributed by atoms with Gasteiger partial charge in [0, 0.05) is 44.7 Å². The number of ether oxygens (including phenoxy) is 1. The summed E-state index contributed by atoms with van der Waals surface area (Å²) in [5.74, 6) is -2.51. The fraction of sp³-hybridized carbons (Fsp3) is 0.621. The highest BCUT2D eigenvalue weighted by molar-refractivity contribution is 6.05. The van der Waals surface area contributed by atoms with Gasteiger partial charge in [0.25, 0.3) is 11.8 Å². The average Bonchev–Trinajstić information content (AvgIpc) is 2.92. The Morgan fingerprint density at radius 1 is 1.18 bits per heavy atom. The van der Waals surface area contributed by atoms with Crippen LogP contribution in [0.2, 0.25) is 0 Å². The Morgan fingerprint density at radius 2 is 1.84 bits per heavy atom. The van der Waals surface area contributed by atoms with Gasteiger partial charge in [-0.3, -0.25) is 19.2 Å². The Labute approximate surface area is 253 Å². The highest BCUT2D eigenvalue weighted by Gasteiger charge is 2.45. The Balaban J connectivity index is 2.04. The zero-order valence-corrected chi connectivity index (χ0v) is 25.7. The highest BCUT2D eigenvalue weighted by Crippen LogP contribution is 2.44. The fourth-order valence-corrected chi connectivity index (χ4v) is 5.54. The number of carbonyl (C=O) groups excluding carboxylic acids is 4. The first kappa shape index (κ1) is 34.5. The van der Waals surface area contributed by atoms with Crippen LogP contribution in [0.4, 0.5) is 23.7 Å². The number of piperidine rings is 1. The van der Waals surface area contributed by atoms with E-state index in [1.54, 1.807) is 20.8 Å². The van der Waals surface area contributed by atoms with E-state index in [-0.39, 0.29) is 43.4 Å². The van der Waals surface area contributed by atoms with E-state index in [1.165, 1.54) is 35.5 Å². The van der Waals surface area contributed by atoms with Crippen molar-refractivity contribution in [1.82, 2.24) is 20.4 Å². The van der Waals surface area contributed by atoms with Gasteiger partial charge in [-0.1, -0.05) is 6.92 Å². The molecule has 2 aliphatic heterocycles. The van der Waals surface area contributed by atoms with Crippen LogP contribution in [0.15, 0.2) is 12.1 Å². The van der Waals surface area contributed by atoms with Gasteiger partial charge in [0.15, 0.2) is 5.60 Å². The van der Waals surface area contributed by atoms with E-state index in [9.17, 15) is 37.1 Å². The molecule has 0 bridgehead atoms. The molecule has 2 heterocycles. The van der Waals surface area contributed by atoms with Crippen molar-refractivity contribution in [1.29, 1.82) is 0 Å². The van der Waals surface area contributed by atoms with Gasteiger partial charge in [0.2, 0.25) is 11.8 Å². The summed E-state index contributed by atoms with van der Waals surface area (Å²) >= 11 is 0. The van der Waals surface area contributed by atoms with Crippen LogP contribution >= 0.6 is 0 Å². The second-order valence-electron chi connectivity index (χ2n) is 11.7. The van der Waals surface area contributed by atoms with Crippen molar-refractivity contribution in [2.24, 2.45) is 0 Å². The molecule has 12 nitrogen and oxygen atoms in total. The maximum absolute atomic E-state index is 14.5. The molecule has 0 radical (unpaired) electrons. The van der Waals surface area contributed by atoms with E-state index in [0.29, 0.717) is 19.4 Å². The first-order valence-electron chi connectivity index (χ1n) is 14.5. The Morgan fingerprint density at radius 3 is 2.41 bits per heavy atom. The molecular formula is C29H40F3N5O7. The summed E-state index contributed by atoms with van der Waals surface area (Å²) in [6, 6.07) is -0.558. The van der Waals surface area contributed by atoms with Crippen molar-refractivity contribution < 1.29 is 47.0 Å². The second-order valence-corrected chi connectivity index (χ2v) is 11.7. The molecule has 3 N–H and O–H groups in total. The third kappa shape index (κ3) is 7.53. The van der Waals surface area contributed by atoms with Crippen LogP contribution in [0, 0.1) is 0 Å². The molecule has 0 unspecified atom stereocenters. The lowest BCUT2D eigenvalue weighted by Crippen LogP contribution is -2.57. The maximum Gasteiger partial charge on any atom is 0.417 e. The number of carboxylic acid groups (broad SMARTS) is 1. The normalized spacial score (nSPS) is 18.7. The van der Waals surface area contributed by atoms with Crippen molar-refractivity contribution in [3.05, 3.63) is 23.3 Å². The lowest BCUT2D eigenvalue weighted by atomic mass is 9.96. The number of alkyl halides is 3. The summed E-state index contributed by atoms with van der Waals surface area (Å²) in [6.07, 6.45) is -5.28. The van der Waals surface area contributed by atoms with Crippen LogP contribution < -0.4 is 20.3 Å². The molecule has 1 saturated heterocycles. The van der Waals surface area contributed by atoms with Gasteiger partial charge in [0.1, 0.15) is 11.8 Å². The van der Waals surface area contributed by atoms with E-state index < -0.39 is 64.8 Å². The van der Waals surface area contributed by atoms with Crippen molar-refractivity contribution in [3.8, 4) is 5.75 Å². The molecule has 3 rings (SSSR count). The van der Waals surface area contributed by atoms with Crippen LogP contribution in [0.3, 0.4) is 0 Å². The zero-order chi connectivity index (χ0) is 33.1. The largest absolute Gasteiger partial charge is 0.476 e. The monoisotopic (exact) mass is 627 g/mol. The molecule has 0 spiro atoms. The number of nitrogens with one attached hydrogen (secondary N) is 2. The minimum Gasteiger partial charge on any atom is -0.476 e. The predicted octanol–water partition coefficient (Wildman–Crippen LogP) is 3.23. The van der Waals surface area contributed by atoms with Crippen molar-refractivity contribution in [3.63, 3.8) is 0 Å². The van der Waals surface area contributed by atoms with Crippen LogP contribution in [0.5, 0.6) is 5.75 Å². The molecule has 2 atom stereocenters. The summed E-state index contributed by atoms with van der Waals surface area (Å²) in [5.41, 5.74) is -3.47. The minimum absolute atomic E-state index is 0.000275. The SMILES string of the molecule is CCC(=O)NCCN1C(=O)C(C)(C)Oc2cc(C(F)(F)F)c(C(=O)N(C(C)C)[C@@H]3CCCN(C(=O)[C@H](C)NC(=O)O)C3)cc21. The lowest BCUT2D eigenvalue weighted by Gasteiger charge is -2.43. The molecule has 0 aliphatic carbocycles. The first-order valence-corrected chi connectivity index (χ1v) is 14.5. The number of fused-ring (bicyclic) bond motifs is 1. The van der Waals surface area contributed by atoms with Crippen molar-refractivity contribution in [2.45, 2.75) is 90.7 Å². The Hall–Kier alpha value is -4.04. The van der Waals surface area contributed by atoms with Crippen LogP contribution in [0.1, 0.15) is 76.7 Å². The van der Waals surface area contributed by atoms with E-state index in [4.69, 9.17) is 9.84 Å². The number of anilines is 1. The van der Waals surface area contributed by atoms with E-state index in [0.717, 1.165) is 12.1 Å². The van der Waals surface area contributed by atoms with Crippen molar-refractivity contribution >= 4 is 35.4 Å². The first-order chi connectivity index (χ1) is 20.4. The molecule has 44 heavy (non-hydrogen) atoms.